The van der Waals surface area contributed by atoms with Crippen LogP contribution < -0.4 is 10.1 Å². The van der Waals surface area contributed by atoms with Crippen LogP contribution in [0.5, 0.6) is 5.75 Å². The molecule has 1 saturated heterocycles. The van der Waals surface area contributed by atoms with Crippen LogP contribution >= 0.6 is 11.8 Å². The topological polar surface area (TPSA) is 52.6 Å². The minimum atomic E-state index is 0.0618. The quantitative estimate of drug-likeness (QED) is 0.103. The zero-order valence-corrected chi connectivity index (χ0v) is 25.8. The van der Waals surface area contributed by atoms with Gasteiger partial charge in [0, 0.05) is 41.9 Å². The molecule has 44 heavy (non-hydrogen) atoms. The fraction of sp³-hybridized carbons (Fsp3) is 0.289. The molecule has 5 nitrogen and oxygen atoms in total. The molecule has 1 aliphatic heterocycles. The predicted molar refractivity (Wildman–Crippen MR) is 179 cm³/mol. The van der Waals surface area contributed by atoms with E-state index in [2.05, 4.69) is 101 Å². The predicted octanol–water partition coefficient (Wildman–Crippen LogP) is 7.90. The number of rotatable bonds is 14. The summed E-state index contributed by atoms with van der Waals surface area (Å²) in [6, 6.07) is 38.2. The normalized spacial score (nSPS) is 18.3. The van der Waals surface area contributed by atoms with Crippen LogP contribution in [0.4, 0.5) is 0 Å². The van der Waals surface area contributed by atoms with Crippen molar-refractivity contribution >= 4 is 22.5 Å². The standard InChI is InChI=1S/C38H40N2O3S/c1-2-7-29(8-3-1)26-41-21-6-22-42-35-15-13-32(14-16-35)38-34(28-44-36-17-19-39-20-18-36)24-40-25-37(38)43-27-30-11-12-31-9-4-5-10-33(31)23-30/h1-5,7-20,23,34,37-38,40H,6,21-22,24-28H2. The van der Waals surface area contributed by atoms with Crippen LogP contribution in [-0.2, 0) is 22.7 Å². The average Bonchev–Trinajstić information content (AvgIpc) is 3.09. The second kappa shape index (κ2) is 15.9. The summed E-state index contributed by atoms with van der Waals surface area (Å²) in [7, 11) is 0. The number of nitrogens with one attached hydrogen (secondary N) is 1. The summed E-state index contributed by atoms with van der Waals surface area (Å²) < 4.78 is 18.6. The number of piperidine rings is 1. The molecular formula is C38H40N2O3S. The van der Waals surface area contributed by atoms with Gasteiger partial charge < -0.3 is 19.5 Å². The largest absolute Gasteiger partial charge is 0.494 e. The van der Waals surface area contributed by atoms with E-state index in [1.54, 1.807) is 0 Å². The van der Waals surface area contributed by atoms with Crippen molar-refractivity contribution in [3.8, 4) is 5.75 Å². The molecule has 3 atom stereocenters. The van der Waals surface area contributed by atoms with Gasteiger partial charge in [-0.1, -0.05) is 78.9 Å². The molecule has 0 amide bonds. The number of hydrogen-bond donors (Lipinski definition) is 1. The monoisotopic (exact) mass is 604 g/mol. The molecule has 226 valence electrons. The number of ether oxygens (including phenoxy) is 3. The van der Waals surface area contributed by atoms with Crippen LogP contribution in [0.1, 0.15) is 29.0 Å². The summed E-state index contributed by atoms with van der Waals surface area (Å²) in [5.74, 6) is 2.57. The van der Waals surface area contributed by atoms with E-state index in [0.29, 0.717) is 32.3 Å². The SMILES string of the molecule is c1ccc(COCCCOc2ccc(C3C(CSc4ccncc4)CNCC3OCc3ccc4ccccc4c3)cc2)cc1. The van der Waals surface area contributed by atoms with Crippen LogP contribution in [0, 0.1) is 5.92 Å². The first-order valence-corrected chi connectivity index (χ1v) is 16.5. The lowest BCUT2D eigenvalue weighted by Gasteiger charge is -2.39. The molecule has 0 spiro atoms. The molecular weight excluding hydrogens is 564 g/mol. The molecule has 1 aromatic heterocycles. The summed E-state index contributed by atoms with van der Waals surface area (Å²) in [5.41, 5.74) is 3.69. The van der Waals surface area contributed by atoms with Gasteiger partial charge in [0.2, 0.25) is 0 Å². The van der Waals surface area contributed by atoms with E-state index in [0.717, 1.165) is 31.0 Å². The van der Waals surface area contributed by atoms with Crippen molar-refractivity contribution < 1.29 is 14.2 Å². The highest BCUT2D eigenvalue weighted by Gasteiger charge is 2.35. The number of benzene rings is 4. The number of nitrogens with zero attached hydrogens (tertiary/aromatic N) is 1. The lowest BCUT2D eigenvalue weighted by atomic mass is 9.80. The molecule has 1 aliphatic rings. The third-order valence-electron chi connectivity index (χ3n) is 8.13. The van der Waals surface area contributed by atoms with Crippen LogP contribution in [0.2, 0.25) is 0 Å². The number of pyridine rings is 1. The molecule has 1 N–H and O–H groups in total. The second-order valence-electron chi connectivity index (χ2n) is 11.3. The molecule has 3 unspecified atom stereocenters. The van der Waals surface area contributed by atoms with Crippen molar-refractivity contribution in [2.24, 2.45) is 5.92 Å². The lowest BCUT2D eigenvalue weighted by Crippen LogP contribution is -2.47. The first-order chi connectivity index (χ1) is 21.8. The molecule has 0 bridgehead atoms. The molecule has 0 radical (unpaired) electrons. The lowest BCUT2D eigenvalue weighted by molar-refractivity contribution is -0.00264. The van der Waals surface area contributed by atoms with Gasteiger partial charge in [-0.2, -0.15) is 0 Å². The Kier molecular flexibility index (Phi) is 10.9. The molecule has 0 saturated carbocycles. The van der Waals surface area contributed by atoms with Crippen molar-refractivity contribution in [3.05, 3.63) is 138 Å². The van der Waals surface area contributed by atoms with Crippen LogP contribution in [-0.4, -0.2) is 43.1 Å². The Balaban J connectivity index is 1.08. The Hall–Kier alpha value is -3.68. The van der Waals surface area contributed by atoms with Gasteiger partial charge in [-0.15, -0.1) is 11.8 Å². The Morgan fingerprint density at radius 3 is 2.36 bits per heavy atom. The maximum absolute atomic E-state index is 6.70. The van der Waals surface area contributed by atoms with Crippen molar-refractivity contribution in [2.45, 2.75) is 36.6 Å². The van der Waals surface area contributed by atoms with Crippen molar-refractivity contribution in [1.29, 1.82) is 0 Å². The van der Waals surface area contributed by atoms with Gasteiger partial charge in [0.15, 0.2) is 0 Å². The third-order valence-corrected chi connectivity index (χ3v) is 9.33. The first kappa shape index (κ1) is 30.4. The van der Waals surface area contributed by atoms with Gasteiger partial charge in [-0.05, 0) is 70.3 Å². The van der Waals surface area contributed by atoms with Gasteiger partial charge in [0.05, 0.1) is 32.5 Å². The Morgan fingerprint density at radius 1 is 0.727 bits per heavy atom. The van der Waals surface area contributed by atoms with E-state index < -0.39 is 0 Å². The van der Waals surface area contributed by atoms with E-state index >= 15 is 0 Å². The molecule has 5 aromatic rings. The maximum Gasteiger partial charge on any atom is 0.119 e. The maximum atomic E-state index is 6.70. The number of thioether (sulfide) groups is 1. The number of hydrogen-bond acceptors (Lipinski definition) is 6. The first-order valence-electron chi connectivity index (χ1n) is 15.5. The van der Waals surface area contributed by atoms with Crippen LogP contribution in [0.3, 0.4) is 0 Å². The minimum absolute atomic E-state index is 0.0618. The van der Waals surface area contributed by atoms with Crippen molar-refractivity contribution in [3.63, 3.8) is 0 Å². The van der Waals surface area contributed by atoms with Crippen molar-refractivity contribution in [2.75, 3.05) is 32.1 Å². The van der Waals surface area contributed by atoms with Crippen LogP contribution in [0.15, 0.2) is 126 Å². The van der Waals surface area contributed by atoms with Crippen LogP contribution in [0.25, 0.3) is 10.8 Å². The molecule has 1 fully saturated rings. The molecule has 0 aliphatic carbocycles. The third kappa shape index (κ3) is 8.48. The Bertz CT molecular complexity index is 1570. The highest BCUT2D eigenvalue weighted by molar-refractivity contribution is 7.99. The highest BCUT2D eigenvalue weighted by atomic mass is 32.2. The number of aromatic nitrogens is 1. The van der Waals surface area contributed by atoms with E-state index in [1.165, 1.54) is 32.4 Å². The van der Waals surface area contributed by atoms with Gasteiger partial charge in [0.1, 0.15) is 5.75 Å². The van der Waals surface area contributed by atoms with E-state index in [1.807, 2.05) is 42.4 Å². The molecule has 4 aromatic carbocycles. The van der Waals surface area contributed by atoms with Gasteiger partial charge in [-0.3, -0.25) is 4.98 Å². The zero-order valence-electron chi connectivity index (χ0n) is 25.0. The van der Waals surface area contributed by atoms with Gasteiger partial charge >= 0.3 is 0 Å². The number of fused-ring (bicyclic) bond motifs is 1. The summed E-state index contributed by atoms with van der Waals surface area (Å²) >= 11 is 1.89. The fourth-order valence-corrected chi connectivity index (χ4v) is 6.90. The summed E-state index contributed by atoms with van der Waals surface area (Å²) in [6.07, 6.45) is 4.64. The smallest absolute Gasteiger partial charge is 0.119 e. The zero-order chi connectivity index (χ0) is 29.8. The summed E-state index contributed by atoms with van der Waals surface area (Å²) in [5, 5.41) is 6.17. The minimum Gasteiger partial charge on any atom is -0.494 e. The van der Waals surface area contributed by atoms with E-state index in [4.69, 9.17) is 14.2 Å². The fourth-order valence-electron chi connectivity index (χ4n) is 5.85. The van der Waals surface area contributed by atoms with E-state index in [-0.39, 0.29) is 12.0 Å². The summed E-state index contributed by atoms with van der Waals surface area (Å²) in [4.78, 5) is 5.42. The molecule has 2 heterocycles. The average molecular weight is 605 g/mol. The van der Waals surface area contributed by atoms with E-state index in [9.17, 15) is 0 Å². The van der Waals surface area contributed by atoms with Gasteiger partial charge in [-0.25, -0.2) is 0 Å². The Labute approximate surface area is 265 Å². The summed E-state index contributed by atoms with van der Waals surface area (Å²) in [6.45, 7) is 4.32. The Morgan fingerprint density at radius 2 is 1.52 bits per heavy atom. The highest BCUT2D eigenvalue weighted by Crippen LogP contribution is 2.37. The molecule has 6 rings (SSSR count). The second-order valence-corrected chi connectivity index (χ2v) is 12.4. The molecule has 6 heteroatoms. The van der Waals surface area contributed by atoms with Gasteiger partial charge in [0.25, 0.3) is 0 Å². The van der Waals surface area contributed by atoms with Crippen molar-refractivity contribution in [1.82, 2.24) is 10.3 Å².